The molecule has 9 nitrogen and oxygen atoms in total. The molecule has 4 aromatic rings. The number of carbonyl (C=O) groups excluding carboxylic acids is 1. The van der Waals surface area contributed by atoms with E-state index in [4.69, 9.17) is 0 Å². The Morgan fingerprint density at radius 2 is 2.12 bits per heavy atom. The van der Waals surface area contributed by atoms with Gasteiger partial charge in [0.25, 0.3) is 5.91 Å². The highest BCUT2D eigenvalue weighted by molar-refractivity contribution is 6.06. The monoisotopic (exact) mass is 349 g/mol. The van der Waals surface area contributed by atoms with Crippen LogP contribution in [0, 0.1) is 6.92 Å². The highest BCUT2D eigenvalue weighted by atomic mass is 16.3. The molecule has 26 heavy (non-hydrogen) atoms. The van der Waals surface area contributed by atoms with Crippen molar-refractivity contribution in [3.63, 3.8) is 0 Å². The second-order valence-electron chi connectivity index (χ2n) is 5.86. The van der Waals surface area contributed by atoms with E-state index in [0.717, 1.165) is 5.56 Å². The van der Waals surface area contributed by atoms with Gasteiger partial charge in [0.05, 0.1) is 28.5 Å². The summed E-state index contributed by atoms with van der Waals surface area (Å²) in [6.07, 6.45) is 3.44. The lowest BCUT2D eigenvalue weighted by Gasteiger charge is -2.07. The Kier molecular flexibility index (Phi) is 3.61. The number of phenolic OH excluding ortho intramolecular Hbond substituents is 1. The number of hydrogen-bond acceptors (Lipinski definition) is 6. The molecular weight excluding hydrogens is 334 g/mol. The molecule has 130 valence electrons. The minimum atomic E-state index is -0.378. The van der Waals surface area contributed by atoms with Gasteiger partial charge in [-0.05, 0) is 31.2 Å². The second kappa shape index (κ2) is 5.96. The smallest absolute Gasteiger partial charge is 0.259 e. The van der Waals surface area contributed by atoms with Crippen LogP contribution in [0.5, 0.6) is 5.75 Å². The first-order valence-electron chi connectivity index (χ1n) is 7.83. The van der Waals surface area contributed by atoms with Crippen LogP contribution in [0.1, 0.15) is 16.1 Å². The number of nitrogens with zero attached hydrogens (tertiary/aromatic N) is 5. The predicted octanol–water partition coefficient (Wildman–Crippen LogP) is 2.02. The highest BCUT2D eigenvalue weighted by Crippen LogP contribution is 2.22. The molecular formula is C17H15N7O2. The molecule has 0 aliphatic rings. The zero-order valence-electron chi connectivity index (χ0n) is 14.1. The third-order valence-corrected chi connectivity index (χ3v) is 3.92. The number of pyridine rings is 1. The molecule has 3 aromatic heterocycles. The molecule has 1 aromatic carbocycles. The fraction of sp³-hybridized carbons (Fsp3) is 0.118. The molecule has 0 spiro atoms. The Balaban J connectivity index is 1.61. The average Bonchev–Trinajstić information content (AvgIpc) is 3.23. The number of aromatic amines is 1. The van der Waals surface area contributed by atoms with E-state index in [-0.39, 0.29) is 17.6 Å². The number of rotatable bonds is 3. The molecule has 3 N–H and O–H groups in total. The first kappa shape index (κ1) is 15.8. The van der Waals surface area contributed by atoms with Crippen molar-refractivity contribution in [2.75, 3.05) is 5.32 Å². The third-order valence-electron chi connectivity index (χ3n) is 3.92. The van der Waals surface area contributed by atoms with Crippen molar-refractivity contribution in [3.8, 4) is 17.1 Å². The van der Waals surface area contributed by atoms with Crippen LogP contribution in [0.3, 0.4) is 0 Å². The minimum Gasteiger partial charge on any atom is -0.508 e. The van der Waals surface area contributed by atoms with E-state index in [1.807, 2.05) is 0 Å². The molecule has 4 rings (SSSR count). The summed E-state index contributed by atoms with van der Waals surface area (Å²) in [6, 6.07) is 6.50. The zero-order chi connectivity index (χ0) is 18.3. The van der Waals surface area contributed by atoms with Crippen LogP contribution in [-0.2, 0) is 7.05 Å². The summed E-state index contributed by atoms with van der Waals surface area (Å²) >= 11 is 0. The van der Waals surface area contributed by atoms with Crippen molar-refractivity contribution >= 4 is 22.8 Å². The normalized spacial score (nSPS) is 11.0. The quantitative estimate of drug-likeness (QED) is 0.520. The maximum absolute atomic E-state index is 12.6. The number of amides is 1. The van der Waals surface area contributed by atoms with E-state index >= 15 is 0 Å². The Morgan fingerprint density at radius 1 is 1.27 bits per heavy atom. The zero-order valence-corrected chi connectivity index (χ0v) is 14.1. The van der Waals surface area contributed by atoms with E-state index in [0.29, 0.717) is 28.0 Å². The number of aromatic nitrogens is 6. The lowest BCUT2D eigenvalue weighted by Crippen LogP contribution is -2.15. The molecule has 3 heterocycles. The first-order chi connectivity index (χ1) is 12.5. The number of nitrogens with one attached hydrogen (secondary N) is 2. The van der Waals surface area contributed by atoms with Gasteiger partial charge in [0, 0.05) is 18.6 Å². The van der Waals surface area contributed by atoms with Gasteiger partial charge in [-0.2, -0.15) is 10.1 Å². The molecule has 0 aliphatic heterocycles. The summed E-state index contributed by atoms with van der Waals surface area (Å²) in [7, 11) is 1.80. The van der Waals surface area contributed by atoms with Gasteiger partial charge in [-0.15, -0.1) is 5.10 Å². The summed E-state index contributed by atoms with van der Waals surface area (Å²) < 4.78 is 1.65. The Hall–Kier alpha value is -3.75. The summed E-state index contributed by atoms with van der Waals surface area (Å²) in [5.74, 6) is 0.400. The van der Waals surface area contributed by atoms with E-state index in [1.165, 1.54) is 0 Å². The number of fused-ring (bicyclic) bond motifs is 1. The minimum absolute atomic E-state index is 0.115. The van der Waals surface area contributed by atoms with Crippen LogP contribution < -0.4 is 5.32 Å². The molecule has 0 fully saturated rings. The van der Waals surface area contributed by atoms with Crippen LogP contribution in [0.15, 0.2) is 36.7 Å². The van der Waals surface area contributed by atoms with Crippen LogP contribution in [0.2, 0.25) is 0 Å². The Bertz CT molecular complexity index is 1130. The van der Waals surface area contributed by atoms with E-state index in [1.54, 1.807) is 55.3 Å². The van der Waals surface area contributed by atoms with Crippen LogP contribution in [-0.4, -0.2) is 41.0 Å². The fourth-order valence-corrected chi connectivity index (χ4v) is 2.65. The van der Waals surface area contributed by atoms with E-state index < -0.39 is 0 Å². The molecule has 0 radical (unpaired) electrons. The van der Waals surface area contributed by atoms with Crippen molar-refractivity contribution < 1.29 is 9.90 Å². The molecule has 0 atom stereocenters. The van der Waals surface area contributed by atoms with Crippen molar-refractivity contribution in [3.05, 3.63) is 47.9 Å². The van der Waals surface area contributed by atoms with Crippen LogP contribution in [0.4, 0.5) is 5.95 Å². The number of hydrogen-bond donors (Lipinski definition) is 3. The van der Waals surface area contributed by atoms with Gasteiger partial charge in [-0.1, -0.05) is 0 Å². The molecule has 1 amide bonds. The van der Waals surface area contributed by atoms with Gasteiger partial charge < -0.3 is 5.11 Å². The summed E-state index contributed by atoms with van der Waals surface area (Å²) in [5, 5.41) is 23.8. The van der Waals surface area contributed by atoms with Crippen LogP contribution in [0.25, 0.3) is 22.3 Å². The molecule has 0 unspecified atom stereocenters. The summed E-state index contributed by atoms with van der Waals surface area (Å²) in [5.41, 5.74) is 2.42. The lowest BCUT2D eigenvalue weighted by atomic mass is 10.1. The van der Waals surface area contributed by atoms with Gasteiger partial charge in [-0.3, -0.25) is 24.9 Å². The van der Waals surface area contributed by atoms with Crippen molar-refractivity contribution in [1.82, 2.24) is 29.9 Å². The second-order valence-corrected chi connectivity index (χ2v) is 5.86. The number of aryl methyl sites for hydroxylation is 2. The third kappa shape index (κ3) is 2.86. The van der Waals surface area contributed by atoms with Crippen molar-refractivity contribution in [2.45, 2.75) is 6.92 Å². The number of aromatic hydroxyl groups is 1. The Labute approximate surface area is 147 Å². The average molecular weight is 349 g/mol. The topological polar surface area (TPSA) is 122 Å². The molecule has 9 heteroatoms. The molecule has 0 bridgehead atoms. The highest BCUT2D eigenvalue weighted by Gasteiger charge is 2.15. The lowest BCUT2D eigenvalue weighted by molar-refractivity contribution is 0.102. The number of carbonyl (C=O) groups is 1. The van der Waals surface area contributed by atoms with Gasteiger partial charge >= 0.3 is 0 Å². The fourth-order valence-electron chi connectivity index (χ4n) is 2.65. The SMILES string of the molecule is Cc1nc2ccc(O)cc2cc1C(=O)Nc1n[nH]c(-c2cnn(C)c2)n1. The van der Waals surface area contributed by atoms with Crippen molar-refractivity contribution in [1.29, 1.82) is 0 Å². The van der Waals surface area contributed by atoms with E-state index in [9.17, 15) is 9.90 Å². The maximum Gasteiger partial charge on any atom is 0.259 e. The molecule has 0 saturated heterocycles. The van der Waals surface area contributed by atoms with Crippen LogP contribution >= 0.6 is 0 Å². The number of benzene rings is 1. The van der Waals surface area contributed by atoms with Gasteiger partial charge in [-0.25, -0.2) is 0 Å². The van der Waals surface area contributed by atoms with Gasteiger partial charge in [0.15, 0.2) is 5.82 Å². The molecule has 0 aliphatic carbocycles. The molecule has 0 saturated carbocycles. The van der Waals surface area contributed by atoms with E-state index in [2.05, 4.69) is 30.6 Å². The summed E-state index contributed by atoms with van der Waals surface area (Å²) in [6.45, 7) is 1.75. The Morgan fingerprint density at radius 3 is 2.88 bits per heavy atom. The standard InChI is InChI=1S/C17H15N7O2/c1-9-13(6-10-5-12(25)3-4-14(10)19-9)16(26)21-17-20-15(22-23-17)11-7-18-24(2)8-11/h3-8,25H,1-2H3,(H2,20,21,22,23,26). The predicted molar refractivity (Wildman–Crippen MR) is 94.7 cm³/mol. The van der Waals surface area contributed by atoms with Gasteiger partial charge in [0.1, 0.15) is 5.75 Å². The maximum atomic E-state index is 12.6. The number of H-pyrrole nitrogens is 1. The van der Waals surface area contributed by atoms with Gasteiger partial charge in [0.2, 0.25) is 5.95 Å². The first-order valence-corrected chi connectivity index (χ1v) is 7.83. The summed E-state index contributed by atoms with van der Waals surface area (Å²) in [4.78, 5) is 21.2. The largest absolute Gasteiger partial charge is 0.508 e. The number of phenols is 1. The number of anilines is 1. The van der Waals surface area contributed by atoms with Crippen molar-refractivity contribution in [2.24, 2.45) is 7.05 Å².